The zero-order chi connectivity index (χ0) is 7.84. The molecule has 56 valence electrons. The highest BCUT2D eigenvalue weighted by Gasteiger charge is 2.03. The van der Waals surface area contributed by atoms with Gasteiger partial charge in [-0.15, -0.1) is 0 Å². The Balaban J connectivity index is 2.82. The molecular weight excluding hydrogens is 140 g/mol. The fraction of sp³-hybridized carbons (Fsp3) is 0.125. The third-order valence-corrected chi connectivity index (χ3v) is 1.62. The number of nitrogens with zero attached hydrogens (tertiary/aromatic N) is 1. The van der Waals surface area contributed by atoms with Crippen LogP contribution in [0, 0.1) is 0 Å². The van der Waals surface area contributed by atoms with Crippen molar-refractivity contribution in [1.82, 2.24) is 0 Å². The van der Waals surface area contributed by atoms with E-state index in [9.17, 15) is 0 Å². The molecule has 0 fully saturated rings. The minimum Gasteiger partial charge on any atom is -0.435 e. The second kappa shape index (κ2) is 1.99. The van der Waals surface area contributed by atoms with Crippen molar-refractivity contribution in [3.63, 3.8) is 0 Å². The minimum absolute atomic E-state index is 0.464. The molecule has 0 radical (unpaired) electrons. The van der Waals surface area contributed by atoms with E-state index in [1.54, 1.807) is 0 Å². The third kappa shape index (κ3) is 0.941. The first-order chi connectivity index (χ1) is 5.25. The Labute approximate surface area is 64.0 Å². The number of pyridine rings is 1. The molecule has 3 nitrogen and oxygen atoms in total. The first kappa shape index (κ1) is 6.22. The number of nitrogen functional groups attached to an aromatic ring is 1. The number of anilines is 1. The lowest BCUT2D eigenvalue weighted by Gasteiger charge is -1.84. The van der Waals surface area contributed by atoms with E-state index in [2.05, 4.69) is 0 Å². The predicted molar refractivity (Wildman–Crippen MR) is 41.8 cm³/mol. The van der Waals surface area contributed by atoms with Crippen molar-refractivity contribution in [3.05, 3.63) is 24.5 Å². The van der Waals surface area contributed by atoms with Crippen molar-refractivity contribution in [2.45, 2.75) is 0 Å². The molecule has 2 N–H and O–H groups in total. The van der Waals surface area contributed by atoms with Crippen molar-refractivity contribution in [2.75, 3.05) is 5.73 Å². The Kier molecular flexibility index (Phi) is 1.12. The van der Waals surface area contributed by atoms with Crippen LogP contribution >= 0.6 is 0 Å². The molecule has 0 amide bonds. The molecule has 0 aliphatic heterocycles. The second-order valence-electron chi connectivity index (χ2n) is 2.58. The number of rotatable bonds is 0. The summed E-state index contributed by atoms with van der Waals surface area (Å²) in [4.78, 5) is 0. The lowest BCUT2D eigenvalue weighted by Crippen LogP contribution is -2.25. The van der Waals surface area contributed by atoms with Gasteiger partial charge < -0.3 is 10.2 Å². The number of nitrogens with two attached hydrogens (primary N) is 1. The maximum absolute atomic E-state index is 5.46. The first-order valence-electron chi connectivity index (χ1n) is 3.40. The van der Waals surface area contributed by atoms with Gasteiger partial charge >= 0.3 is 0 Å². The standard InChI is InChI=1S/C8H8N2O/c1-10-3-2-6-4-8(9)11-7(6)5-10/h2-5,9H,1H3/p+1. The van der Waals surface area contributed by atoms with Crippen molar-refractivity contribution in [1.29, 1.82) is 0 Å². The number of hydrogen-bond donors (Lipinski definition) is 1. The van der Waals surface area contributed by atoms with Gasteiger partial charge in [0.05, 0.1) is 0 Å². The summed E-state index contributed by atoms with van der Waals surface area (Å²) in [5.41, 5.74) is 6.29. The van der Waals surface area contributed by atoms with Crippen molar-refractivity contribution >= 4 is 16.9 Å². The molecule has 0 bridgehead atoms. The van der Waals surface area contributed by atoms with Crippen molar-refractivity contribution < 1.29 is 8.98 Å². The molecule has 2 rings (SSSR count). The van der Waals surface area contributed by atoms with Gasteiger partial charge in [-0.3, -0.25) is 0 Å². The molecule has 11 heavy (non-hydrogen) atoms. The largest absolute Gasteiger partial charge is 0.435 e. The number of aryl methyl sites for hydroxylation is 1. The number of fused-ring (bicyclic) bond motifs is 1. The summed E-state index contributed by atoms with van der Waals surface area (Å²) in [7, 11) is 1.94. The quantitative estimate of drug-likeness (QED) is 0.564. The molecule has 2 aromatic rings. The lowest BCUT2D eigenvalue weighted by molar-refractivity contribution is -0.670. The lowest BCUT2D eigenvalue weighted by atomic mass is 10.3. The molecule has 0 aliphatic rings. The van der Waals surface area contributed by atoms with Crippen molar-refractivity contribution in [2.24, 2.45) is 7.05 Å². The van der Waals surface area contributed by atoms with E-state index in [0.717, 1.165) is 11.0 Å². The van der Waals surface area contributed by atoms with Gasteiger partial charge in [0.1, 0.15) is 7.05 Å². The van der Waals surface area contributed by atoms with Gasteiger partial charge in [0.15, 0.2) is 17.7 Å². The van der Waals surface area contributed by atoms with Crippen LogP contribution in [0.2, 0.25) is 0 Å². The van der Waals surface area contributed by atoms with Crippen LogP contribution in [0.1, 0.15) is 0 Å². The van der Waals surface area contributed by atoms with Crippen molar-refractivity contribution in [3.8, 4) is 0 Å². The Morgan fingerprint density at radius 3 is 3.18 bits per heavy atom. The van der Waals surface area contributed by atoms with Crippen LogP contribution in [0.15, 0.2) is 28.9 Å². The topological polar surface area (TPSA) is 43.0 Å². The monoisotopic (exact) mass is 149 g/mol. The van der Waals surface area contributed by atoms with Gasteiger partial charge in [0.25, 0.3) is 0 Å². The highest BCUT2D eigenvalue weighted by Crippen LogP contribution is 2.17. The molecule has 2 heterocycles. The molecule has 0 saturated heterocycles. The van der Waals surface area contributed by atoms with Crippen LogP contribution in [0.3, 0.4) is 0 Å². The average Bonchev–Trinajstić information content (AvgIpc) is 2.27. The number of furan rings is 1. The summed E-state index contributed by atoms with van der Waals surface area (Å²) in [6.07, 6.45) is 3.85. The van der Waals surface area contributed by atoms with E-state index in [4.69, 9.17) is 10.2 Å². The fourth-order valence-corrected chi connectivity index (χ4v) is 1.10. The molecule has 0 aromatic carbocycles. The molecule has 2 aromatic heterocycles. The van der Waals surface area contributed by atoms with E-state index >= 15 is 0 Å². The molecule has 3 heteroatoms. The van der Waals surface area contributed by atoms with Crippen LogP contribution in [-0.4, -0.2) is 0 Å². The number of aromatic nitrogens is 1. The predicted octanol–water partition coefficient (Wildman–Crippen LogP) is 0.839. The van der Waals surface area contributed by atoms with Gasteiger partial charge in [-0.2, -0.15) is 0 Å². The van der Waals surface area contributed by atoms with Gasteiger partial charge in [-0.05, 0) is 0 Å². The Hall–Kier alpha value is -1.51. The van der Waals surface area contributed by atoms with Gasteiger partial charge in [0, 0.05) is 17.5 Å². The van der Waals surface area contributed by atoms with E-state index in [-0.39, 0.29) is 0 Å². The van der Waals surface area contributed by atoms with Gasteiger partial charge in [-0.1, -0.05) is 0 Å². The summed E-state index contributed by atoms with van der Waals surface area (Å²) in [5, 5.41) is 1.04. The van der Waals surface area contributed by atoms with E-state index in [1.165, 1.54) is 0 Å². The first-order valence-corrected chi connectivity index (χ1v) is 3.40. The fourth-order valence-electron chi connectivity index (χ4n) is 1.10. The zero-order valence-corrected chi connectivity index (χ0v) is 6.24. The van der Waals surface area contributed by atoms with E-state index < -0.39 is 0 Å². The number of hydrogen-bond acceptors (Lipinski definition) is 2. The van der Waals surface area contributed by atoms with Gasteiger partial charge in [0.2, 0.25) is 6.20 Å². The highest BCUT2D eigenvalue weighted by molar-refractivity contribution is 5.78. The van der Waals surface area contributed by atoms with Crippen LogP contribution < -0.4 is 10.3 Å². The SMILES string of the molecule is C[n+]1ccc2cc(N)oc2c1. The molecule has 0 aliphatic carbocycles. The molecule has 0 saturated carbocycles. The van der Waals surface area contributed by atoms with Crippen LogP contribution in [0.25, 0.3) is 11.0 Å². The van der Waals surface area contributed by atoms with E-state index in [1.807, 2.05) is 36.1 Å². The van der Waals surface area contributed by atoms with Crippen LogP contribution in [0.4, 0.5) is 5.88 Å². The average molecular weight is 149 g/mol. The summed E-state index contributed by atoms with van der Waals surface area (Å²) in [6.45, 7) is 0. The van der Waals surface area contributed by atoms with Gasteiger partial charge in [-0.25, -0.2) is 4.57 Å². The smallest absolute Gasteiger partial charge is 0.212 e. The highest BCUT2D eigenvalue weighted by atomic mass is 16.3. The molecule has 0 atom stereocenters. The third-order valence-electron chi connectivity index (χ3n) is 1.62. The minimum atomic E-state index is 0.464. The Morgan fingerprint density at radius 2 is 2.36 bits per heavy atom. The van der Waals surface area contributed by atoms with E-state index in [0.29, 0.717) is 5.88 Å². The summed E-state index contributed by atoms with van der Waals surface area (Å²) in [6, 6.07) is 3.78. The van der Waals surface area contributed by atoms with Crippen LogP contribution in [0.5, 0.6) is 0 Å². The summed E-state index contributed by atoms with van der Waals surface area (Å²) >= 11 is 0. The maximum Gasteiger partial charge on any atom is 0.212 e. The Morgan fingerprint density at radius 1 is 1.55 bits per heavy atom. The summed E-state index contributed by atoms with van der Waals surface area (Å²) < 4.78 is 7.13. The summed E-state index contributed by atoms with van der Waals surface area (Å²) in [5.74, 6) is 0.464. The zero-order valence-electron chi connectivity index (χ0n) is 6.24. The second-order valence-corrected chi connectivity index (χ2v) is 2.58. The maximum atomic E-state index is 5.46. The Bertz CT molecular complexity index is 392. The molecule has 0 unspecified atom stereocenters. The normalized spacial score (nSPS) is 10.6. The molecule has 0 spiro atoms. The van der Waals surface area contributed by atoms with Crippen LogP contribution in [-0.2, 0) is 7.05 Å². The molecular formula is C8H9N2O+.